The van der Waals surface area contributed by atoms with E-state index in [0.29, 0.717) is 12.4 Å². The lowest BCUT2D eigenvalue weighted by Gasteiger charge is -2.28. The number of hydrogen-bond donors (Lipinski definition) is 2. The number of nitrogens with zero attached hydrogens (tertiary/aromatic N) is 2. The van der Waals surface area contributed by atoms with Gasteiger partial charge in [-0.25, -0.2) is 9.59 Å². The van der Waals surface area contributed by atoms with Crippen molar-refractivity contribution in [3.63, 3.8) is 0 Å². The summed E-state index contributed by atoms with van der Waals surface area (Å²) < 4.78 is 11.8. The molecule has 1 aromatic heterocycles. The fourth-order valence-corrected chi connectivity index (χ4v) is 1.69. The van der Waals surface area contributed by atoms with Crippen LogP contribution in [0.3, 0.4) is 0 Å². The zero-order chi connectivity index (χ0) is 17.0. The Hall–Kier alpha value is -2.25. The van der Waals surface area contributed by atoms with Crippen molar-refractivity contribution < 1.29 is 24.2 Å². The number of ether oxygens (including phenoxy) is 2. The van der Waals surface area contributed by atoms with Crippen molar-refractivity contribution >= 4 is 12.1 Å². The van der Waals surface area contributed by atoms with Crippen molar-refractivity contribution in [2.45, 2.75) is 52.3 Å². The monoisotopic (exact) mass is 313 g/mol. The van der Waals surface area contributed by atoms with Crippen LogP contribution in [0.4, 0.5) is 4.79 Å². The van der Waals surface area contributed by atoms with Crippen LogP contribution in [-0.4, -0.2) is 44.7 Å². The maximum absolute atomic E-state index is 11.8. The number of carboxylic acids is 1. The molecule has 0 aliphatic heterocycles. The second kappa shape index (κ2) is 6.67. The van der Waals surface area contributed by atoms with Gasteiger partial charge < -0.3 is 19.9 Å². The Morgan fingerprint density at radius 2 is 2.00 bits per heavy atom. The highest BCUT2D eigenvalue weighted by Gasteiger charge is 2.37. The van der Waals surface area contributed by atoms with Crippen molar-refractivity contribution in [3.8, 4) is 5.75 Å². The standard InChI is InChI=1S/C14H23N3O5/c1-6-21-10-7-15-17(8-10)9-14(5,11(18)19)16-12(20)22-13(2,3)4/h7-8H,6,9H2,1-5H3,(H,16,20)(H,18,19). The fraction of sp³-hybridized carbons (Fsp3) is 0.643. The minimum Gasteiger partial charge on any atom is -0.491 e. The van der Waals surface area contributed by atoms with Crippen molar-refractivity contribution in [1.82, 2.24) is 15.1 Å². The second-order valence-electron chi connectivity index (χ2n) is 6.07. The molecule has 0 spiro atoms. The quantitative estimate of drug-likeness (QED) is 0.828. The van der Waals surface area contributed by atoms with Crippen LogP contribution in [0.25, 0.3) is 0 Å². The predicted octanol–water partition coefficient (Wildman–Crippen LogP) is 1.65. The SMILES string of the molecule is CCOc1cnn(CC(C)(NC(=O)OC(C)(C)C)C(=O)O)c1. The maximum atomic E-state index is 11.8. The van der Waals surface area contributed by atoms with Gasteiger partial charge >= 0.3 is 12.1 Å². The summed E-state index contributed by atoms with van der Waals surface area (Å²) in [5.74, 6) is -0.653. The van der Waals surface area contributed by atoms with Crippen LogP contribution >= 0.6 is 0 Å². The average molecular weight is 313 g/mol. The highest BCUT2D eigenvalue weighted by Crippen LogP contribution is 2.14. The Kier molecular flexibility index (Phi) is 5.40. The Bertz CT molecular complexity index is 535. The van der Waals surface area contributed by atoms with Crippen LogP contribution in [-0.2, 0) is 16.1 Å². The summed E-state index contributed by atoms with van der Waals surface area (Å²) in [5.41, 5.74) is -2.27. The van der Waals surface area contributed by atoms with E-state index < -0.39 is 23.2 Å². The smallest absolute Gasteiger partial charge is 0.408 e. The van der Waals surface area contributed by atoms with Crippen molar-refractivity contribution in [3.05, 3.63) is 12.4 Å². The minimum atomic E-state index is -1.56. The van der Waals surface area contributed by atoms with Gasteiger partial charge in [-0.3, -0.25) is 4.68 Å². The van der Waals surface area contributed by atoms with Gasteiger partial charge in [-0.1, -0.05) is 0 Å². The van der Waals surface area contributed by atoms with Crippen molar-refractivity contribution in [1.29, 1.82) is 0 Å². The molecule has 1 aromatic rings. The van der Waals surface area contributed by atoms with Gasteiger partial charge in [-0.05, 0) is 34.6 Å². The lowest BCUT2D eigenvalue weighted by Crippen LogP contribution is -2.56. The first kappa shape index (κ1) is 17.8. The first-order valence-electron chi connectivity index (χ1n) is 6.95. The molecular weight excluding hydrogens is 290 g/mol. The number of rotatable bonds is 6. The lowest BCUT2D eigenvalue weighted by molar-refractivity contribution is -0.144. The summed E-state index contributed by atoms with van der Waals surface area (Å²) in [6, 6.07) is 0. The first-order chi connectivity index (χ1) is 10.1. The van der Waals surface area contributed by atoms with Gasteiger partial charge in [-0.2, -0.15) is 5.10 Å². The average Bonchev–Trinajstić information content (AvgIpc) is 2.73. The van der Waals surface area contributed by atoms with E-state index in [-0.39, 0.29) is 6.54 Å². The molecule has 8 heteroatoms. The third-order valence-corrected chi connectivity index (χ3v) is 2.65. The summed E-state index contributed by atoms with van der Waals surface area (Å²) in [7, 11) is 0. The molecule has 8 nitrogen and oxygen atoms in total. The summed E-state index contributed by atoms with van der Waals surface area (Å²) in [6.45, 7) is 8.75. The third-order valence-electron chi connectivity index (χ3n) is 2.65. The summed E-state index contributed by atoms with van der Waals surface area (Å²) in [6.07, 6.45) is 2.26. The number of alkyl carbamates (subject to hydrolysis) is 1. The van der Waals surface area contributed by atoms with E-state index in [4.69, 9.17) is 9.47 Å². The van der Waals surface area contributed by atoms with Crippen LogP contribution in [0.15, 0.2) is 12.4 Å². The Morgan fingerprint density at radius 1 is 1.36 bits per heavy atom. The van der Waals surface area contributed by atoms with E-state index in [0.717, 1.165) is 0 Å². The van der Waals surface area contributed by atoms with Gasteiger partial charge in [0.05, 0.1) is 25.5 Å². The molecule has 2 N–H and O–H groups in total. The molecule has 0 aromatic carbocycles. The molecule has 22 heavy (non-hydrogen) atoms. The van der Waals surface area contributed by atoms with Gasteiger partial charge in [0.2, 0.25) is 0 Å². The zero-order valence-electron chi connectivity index (χ0n) is 13.5. The molecule has 0 fully saturated rings. The highest BCUT2D eigenvalue weighted by molar-refractivity contribution is 5.83. The van der Waals surface area contributed by atoms with Crippen LogP contribution in [0.5, 0.6) is 5.75 Å². The van der Waals surface area contributed by atoms with Gasteiger partial charge in [0.25, 0.3) is 0 Å². The Morgan fingerprint density at radius 3 is 2.50 bits per heavy atom. The molecule has 0 bridgehead atoms. The predicted molar refractivity (Wildman–Crippen MR) is 78.8 cm³/mol. The molecule has 0 aliphatic carbocycles. The first-order valence-corrected chi connectivity index (χ1v) is 6.95. The van der Waals surface area contributed by atoms with Crippen LogP contribution in [0.1, 0.15) is 34.6 Å². The van der Waals surface area contributed by atoms with Crippen molar-refractivity contribution in [2.75, 3.05) is 6.61 Å². The molecular formula is C14H23N3O5. The van der Waals surface area contributed by atoms with Gasteiger partial charge in [0, 0.05) is 0 Å². The third kappa shape index (κ3) is 5.27. The minimum absolute atomic E-state index is 0.0609. The van der Waals surface area contributed by atoms with E-state index in [9.17, 15) is 14.7 Å². The number of carbonyl (C=O) groups is 2. The van der Waals surface area contributed by atoms with Crippen molar-refractivity contribution in [2.24, 2.45) is 0 Å². The Balaban J connectivity index is 2.81. The van der Waals surface area contributed by atoms with E-state index in [2.05, 4.69) is 10.4 Å². The number of carbonyl (C=O) groups excluding carboxylic acids is 1. The number of carboxylic acid groups (broad SMARTS) is 1. The van der Waals surface area contributed by atoms with E-state index in [1.165, 1.54) is 17.8 Å². The Labute approximate surface area is 129 Å². The van der Waals surface area contributed by atoms with E-state index in [1.807, 2.05) is 6.92 Å². The molecule has 1 rings (SSSR count). The molecule has 0 saturated heterocycles. The summed E-state index contributed by atoms with van der Waals surface area (Å²) in [5, 5.41) is 15.8. The molecule has 1 amide bonds. The normalized spacial score (nSPS) is 14.0. The van der Waals surface area contributed by atoms with Crippen LogP contribution in [0, 0.1) is 0 Å². The molecule has 1 atom stereocenters. The number of amides is 1. The maximum Gasteiger partial charge on any atom is 0.408 e. The van der Waals surface area contributed by atoms with Gasteiger partial charge in [0.15, 0.2) is 11.3 Å². The molecule has 124 valence electrons. The second-order valence-corrected chi connectivity index (χ2v) is 6.07. The zero-order valence-corrected chi connectivity index (χ0v) is 13.5. The fourth-order valence-electron chi connectivity index (χ4n) is 1.69. The molecule has 1 unspecified atom stereocenters. The van der Waals surface area contributed by atoms with Gasteiger partial charge in [-0.15, -0.1) is 0 Å². The van der Waals surface area contributed by atoms with Crippen LogP contribution in [0.2, 0.25) is 0 Å². The molecule has 0 saturated carbocycles. The van der Waals surface area contributed by atoms with E-state index in [1.54, 1.807) is 27.0 Å². The number of nitrogens with one attached hydrogen (secondary N) is 1. The lowest BCUT2D eigenvalue weighted by atomic mass is 10.0. The highest BCUT2D eigenvalue weighted by atomic mass is 16.6. The van der Waals surface area contributed by atoms with E-state index >= 15 is 0 Å². The molecule has 0 aliphatic rings. The summed E-state index contributed by atoms with van der Waals surface area (Å²) >= 11 is 0. The summed E-state index contributed by atoms with van der Waals surface area (Å²) in [4.78, 5) is 23.3. The molecule has 1 heterocycles. The van der Waals surface area contributed by atoms with Gasteiger partial charge in [0.1, 0.15) is 5.60 Å². The number of aromatic nitrogens is 2. The largest absolute Gasteiger partial charge is 0.491 e. The topological polar surface area (TPSA) is 103 Å². The number of aliphatic carboxylic acids is 1. The molecule has 0 radical (unpaired) electrons. The van der Waals surface area contributed by atoms with Crippen LogP contribution < -0.4 is 10.1 Å². The number of hydrogen-bond acceptors (Lipinski definition) is 5.